The molecule has 2 atom stereocenters. The number of terminal acetylenes is 1. The Morgan fingerprint density at radius 3 is 2.85 bits per heavy atom. The minimum Gasteiger partial charge on any atom is -0.385 e. The van der Waals surface area contributed by atoms with Crippen LogP contribution in [0.25, 0.3) is 0 Å². The van der Waals surface area contributed by atoms with Crippen molar-refractivity contribution in [3.63, 3.8) is 0 Å². The Morgan fingerprint density at radius 1 is 1.30 bits per heavy atom. The largest absolute Gasteiger partial charge is 0.385 e. The van der Waals surface area contributed by atoms with Crippen molar-refractivity contribution >= 4 is 0 Å². The summed E-state index contributed by atoms with van der Waals surface area (Å²) in [6.45, 7) is 3.40. The normalized spacial score (nSPS) is 13.3. The Morgan fingerprint density at radius 2 is 2.11 bits per heavy atom. The number of ether oxygens (including phenoxy) is 2. The van der Waals surface area contributed by atoms with Gasteiger partial charge in [-0.2, -0.15) is 0 Å². The number of aliphatic hydroxyl groups is 1. The molecule has 0 fully saturated rings. The molecule has 2 rings (SSSR count). The lowest BCUT2D eigenvalue weighted by molar-refractivity contribution is -0.917. The summed E-state index contributed by atoms with van der Waals surface area (Å²) in [6.07, 6.45) is 6.49. The average Bonchev–Trinajstić information content (AvgIpc) is 3.08. The van der Waals surface area contributed by atoms with Gasteiger partial charge in [0, 0.05) is 18.9 Å². The van der Waals surface area contributed by atoms with Crippen molar-refractivity contribution in [2.75, 3.05) is 40.0 Å². The first kappa shape index (κ1) is 21.1. The quantitative estimate of drug-likeness (QED) is 0.425. The molecule has 2 N–H and O–H groups in total. The lowest BCUT2D eigenvalue weighted by atomic mass is 10.2. The maximum absolute atomic E-state index is 14.0. The fourth-order valence-electron chi connectivity index (χ4n) is 2.99. The van der Waals surface area contributed by atoms with E-state index in [-0.39, 0.29) is 19.0 Å². The van der Waals surface area contributed by atoms with E-state index in [1.807, 2.05) is 29.0 Å². The van der Waals surface area contributed by atoms with Gasteiger partial charge in [0.2, 0.25) is 0 Å². The molecule has 1 aromatic heterocycles. The van der Waals surface area contributed by atoms with Crippen LogP contribution in [0.5, 0.6) is 0 Å². The van der Waals surface area contributed by atoms with Crippen LogP contribution < -0.4 is 4.90 Å². The van der Waals surface area contributed by atoms with Gasteiger partial charge in [0.1, 0.15) is 38.2 Å². The number of rotatable bonds is 12. The van der Waals surface area contributed by atoms with Gasteiger partial charge in [0.05, 0.1) is 25.5 Å². The number of quaternary nitrogens is 1. The van der Waals surface area contributed by atoms with Gasteiger partial charge < -0.3 is 24.0 Å². The lowest BCUT2D eigenvalue weighted by Crippen LogP contribution is -3.12. The smallest absolute Gasteiger partial charge is 0.128 e. The van der Waals surface area contributed by atoms with E-state index in [2.05, 4.69) is 5.92 Å². The Hall–Kier alpha value is -2.17. The average molecular weight is 375 g/mol. The Balaban J connectivity index is 2.01. The second-order valence-electron chi connectivity index (χ2n) is 6.47. The highest BCUT2D eigenvalue weighted by atomic mass is 19.1. The van der Waals surface area contributed by atoms with Crippen LogP contribution in [-0.4, -0.2) is 55.8 Å². The van der Waals surface area contributed by atoms with Gasteiger partial charge in [0.25, 0.3) is 0 Å². The third-order valence-corrected chi connectivity index (χ3v) is 4.33. The highest BCUT2D eigenvalue weighted by Crippen LogP contribution is 2.11. The summed E-state index contributed by atoms with van der Waals surface area (Å²) in [5, 5.41) is 10.2. The molecule has 5 nitrogen and oxygen atoms in total. The fourth-order valence-corrected chi connectivity index (χ4v) is 2.99. The third-order valence-electron chi connectivity index (χ3n) is 4.33. The van der Waals surface area contributed by atoms with Crippen molar-refractivity contribution in [1.29, 1.82) is 0 Å². The summed E-state index contributed by atoms with van der Waals surface area (Å²) in [5.74, 6) is 2.18. The molecule has 27 heavy (non-hydrogen) atoms. The number of nitrogens with one attached hydrogen (secondary N) is 1. The van der Waals surface area contributed by atoms with E-state index in [0.29, 0.717) is 31.8 Å². The number of aromatic nitrogens is 1. The predicted molar refractivity (Wildman–Crippen MR) is 102 cm³/mol. The zero-order chi connectivity index (χ0) is 19.5. The molecular formula is C21H28FN2O3+. The maximum atomic E-state index is 14.0. The summed E-state index contributed by atoms with van der Waals surface area (Å²) in [7, 11) is 1.66. The summed E-state index contributed by atoms with van der Waals surface area (Å²) in [6, 6.07) is 10.8. The molecule has 0 radical (unpaired) electrons. The first-order valence-corrected chi connectivity index (χ1v) is 9.03. The number of methoxy groups -OCH3 is 1. The summed E-state index contributed by atoms with van der Waals surface area (Å²) >= 11 is 0. The third kappa shape index (κ3) is 7.16. The van der Waals surface area contributed by atoms with E-state index in [9.17, 15) is 9.50 Å². The lowest BCUT2D eigenvalue weighted by Gasteiger charge is -2.23. The summed E-state index contributed by atoms with van der Waals surface area (Å²) < 4.78 is 26.4. The van der Waals surface area contributed by atoms with Crippen LogP contribution in [0.3, 0.4) is 0 Å². The zero-order valence-electron chi connectivity index (χ0n) is 15.7. The number of hydrogen-bond donors (Lipinski definition) is 2. The van der Waals surface area contributed by atoms with Gasteiger partial charge in [-0.25, -0.2) is 4.39 Å². The molecule has 0 aliphatic rings. The molecule has 0 bridgehead atoms. The Labute approximate surface area is 160 Å². The van der Waals surface area contributed by atoms with Crippen LogP contribution in [0.2, 0.25) is 0 Å². The molecule has 0 spiro atoms. The number of aliphatic hydroxyl groups excluding tert-OH is 1. The van der Waals surface area contributed by atoms with Crippen LogP contribution in [0.4, 0.5) is 4.39 Å². The van der Waals surface area contributed by atoms with E-state index >= 15 is 0 Å². The van der Waals surface area contributed by atoms with E-state index in [1.165, 1.54) is 6.07 Å². The second kappa shape index (κ2) is 11.5. The molecule has 6 heteroatoms. The van der Waals surface area contributed by atoms with Crippen LogP contribution in [0.15, 0.2) is 42.6 Å². The van der Waals surface area contributed by atoms with Gasteiger partial charge in [-0.1, -0.05) is 24.1 Å². The van der Waals surface area contributed by atoms with Crippen molar-refractivity contribution < 1.29 is 23.9 Å². The highest BCUT2D eigenvalue weighted by Gasteiger charge is 2.18. The second-order valence-corrected chi connectivity index (χ2v) is 6.47. The van der Waals surface area contributed by atoms with E-state index in [4.69, 9.17) is 15.9 Å². The van der Waals surface area contributed by atoms with Crippen molar-refractivity contribution in [3.05, 3.63) is 59.7 Å². The summed E-state index contributed by atoms with van der Waals surface area (Å²) in [5.41, 5.74) is 1.72. The summed E-state index contributed by atoms with van der Waals surface area (Å²) in [4.78, 5) is 1.15. The van der Waals surface area contributed by atoms with Crippen LogP contribution in [-0.2, 0) is 22.6 Å². The minimum absolute atomic E-state index is 0.190. The van der Waals surface area contributed by atoms with Gasteiger partial charge in [-0.05, 0) is 18.2 Å². The number of halogens is 1. The number of hydrogen-bond acceptors (Lipinski definition) is 3. The molecule has 146 valence electrons. The zero-order valence-corrected chi connectivity index (χ0v) is 15.7. The molecule has 0 aliphatic carbocycles. The molecular weight excluding hydrogens is 347 g/mol. The highest BCUT2D eigenvalue weighted by molar-refractivity contribution is 5.19. The number of nitrogens with zero attached hydrogens (tertiary/aromatic N) is 1. The topological polar surface area (TPSA) is 48.1 Å². The molecule has 0 amide bonds. The fraction of sp³-hybridized carbons (Fsp3) is 0.429. The van der Waals surface area contributed by atoms with E-state index in [1.54, 1.807) is 19.2 Å². The first-order valence-electron chi connectivity index (χ1n) is 9.03. The standard InChI is InChI=1S/C21H27FN2O3/c1-3-12-27-17-20(25)16-23(11-13-26-2)15-19-8-6-10-24(19)14-18-7-4-5-9-21(18)22/h1,4-10,20,25H,11-17H2,2H3/p+1/t20-/m1/s1. The predicted octanol–water partition coefficient (Wildman–Crippen LogP) is 0.718. The van der Waals surface area contributed by atoms with Crippen molar-refractivity contribution in [2.45, 2.75) is 19.2 Å². The van der Waals surface area contributed by atoms with Gasteiger partial charge in [0.15, 0.2) is 0 Å². The monoisotopic (exact) mass is 375 g/mol. The van der Waals surface area contributed by atoms with Crippen molar-refractivity contribution in [1.82, 2.24) is 4.57 Å². The molecule has 0 saturated carbocycles. The first-order chi connectivity index (χ1) is 13.1. The maximum Gasteiger partial charge on any atom is 0.128 e. The molecule has 1 unspecified atom stereocenters. The van der Waals surface area contributed by atoms with Crippen molar-refractivity contribution in [2.24, 2.45) is 0 Å². The molecule has 2 aromatic rings. The molecule has 1 aromatic carbocycles. The van der Waals surface area contributed by atoms with Crippen LogP contribution in [0.1, 0.15) is 11.3 Å². The van der Waals surface area contributed by atoms with Gasteiger partial charge in [-0.15, -0.1) is 6.42 Å². The van der Waals surface area contributed by atoms with E-state index in [0.717, 1.165) is 17.1 Å². The molecule has 0 saturated heterocycles. The van der Waals surface area contributed by atoms with Gasteiger partial charge >= 0.3 is 0 Å². The Kier molecular flexibility index (Phi) is 9.02. The van der Waals surface area contributed by atoms with Crippen LogP contribution in [0, 0.1) is 18.2 Å². The SMILES string of the molecule is C#CCOC[C@H](O)C[NH+](CCOC)Cc1cccn1Cc1ccccc1F. The Bertz CT molecular complexity index is 726. The molecule has 0 aliphatic heterocycles. The number of benzene rings is 1. The molecule has 1 heterocycles. The van der Waals surface area contributed by atoms with Crippen LogP contribution >= 0.6 is 0 Å². The minimum atomic E-state index is -0.611. The van der Waals surface area contributed by atoms with E-state index < -0.39 is 6.10 Å². The van der Waals surface area contributed by atoms with Gasteiger partial charge in [-0.3, -0.25) is 0 Å². The van der Waals surface area contributed by atoms with Crippen molar-refractivity contribution in [3.8, 4) is 12.3 Å².